The molecule has 1 fully saturated rings. The van der Waals surface area contributed by atoms with Gasteiger partial charge in [-0.3, -0.25) is 14.5 Å². The standard InChI is InChI=1S/C17H22N2O3/c1-11(2)10-15-17(21)18(4)16(19(15)12(3)20)13-6-8-14(22-5)9-7-13/h6-11,16H,1-5H3/b15-10-. The summed E-state index contributed by atoms with van der Waals surface area (Å²) in [7, 11) is 3.32. The molecule has 0 aromatic heterocycles. The van der Waals surface area contributed by atoms with Crippen LogP contribution < -0.4 is 4.74 Å². The molecule has 0 N–H and O–H groups in total. The Balaban J connectivity index is 2.48. The third-order valence-electron chi connectivity index (χ3n) is 3.65. The van der Waals surface area contributed by atoms with Crippen molar-refractivity contribution in [1.29, 1.82) is 0 Å². The molecule has 2 amide bonds. The Hall–Kier alpha value is -2.30. The molecule has 1 saturated heterocycles. The Morgan fingerprint density at radius 1 is 1.27 bits per heavy atom. The number of benzene rings is 1. The quantitative estimate of drug-likeness (QED) is 0.806. The first-order valence-electron chi connectivity index (χ1n) is 7.29. The number of amides is 2. The molecule has 1 unspecified atom stereocenters. The number of carbonyl (C=O) groups excluding carboxylic acids is 2. The van der Waals surface area contributed by atoms with Crippen LogP contribution in [0.4, 0.5) is 0 Å². The lowest BCUT2D eigenvalue weighted by Gasteiger charge is -2.27. The van der Waals surface area contributed by atoms with Crippen molar-refractivity contribution in [2.45, 2.75) is 26.9 Å². The minimum Gasteiger partial charge on any atom is -0.497 e. The van der Waals surface area contributed by atoms with Gasteiger partial charge in [0.2, 0.25) is 5.91 Å². The van der Waals surface area contributed by atoms with E-state index in [4.69, 9.17) is 4.74 Å². The first kappa shape index (κ1) is 16.1. The molecule has 0 radical (unpaired) electrons. The third kappa shape index (κ3) is 2.84. The van der Waals surface area contributed by atoms with Gasteiger partial charge in [0.05, 0.1) is 7.11 Å². The van der Waals surface area contributed by atoms with Crippen LogP contribution in [0.3, 0.4) is 0 Å². The summed E-state index contributed by atoms with van der Waals surface area (Å²) in [5.74, 6) is 0.641. The molecular weight excluding hydrogens is 280 g/mol. The van der Waals surface area contributed by atoms with Crippen molar-refractivity contribution in [3.63, 3.8) is 0 Å². The van der Waals surface area contributed by atoms with Gasteiger partial charge in [0.1, 0.15) is 17.6 Å². The van der Waals surface area contributed by atoms with E-state index < -0.39 is 6.17 Å². The lowest BCUT2D eigenvalue weighted by Crippen LogP contribution is -2.32. The van der Waals surface area contributed by atoms with Crippen LogP contribution in [0, 0.1) is 5.92 Å². The van der Waals surface area contributed by atoms with Crippen molar-refractivity contribution in [3.05, 3.63) is 41.6 Å². The summed E-state index contributed by atoms with van der Waals surface area (Å²) >= 11 is 0. The zero-order chi connectivity index (χ0) is 16.4. The monoisotopic (exact) mass is 302 g/mol. The van der Waals surface area contributed by atoms with Gasteiger partial charge in [0, 0.05) is 14.0 Å². The second-order valence-electron chi connectivity index (χ2n) is 5.75. The normalized spacial score (nSPS) is 20.2. The molecule has 1 aromatic carbocycles. The number of ether oxygens (including phenoxy) is 1. The van der Waals surface area contributed by atoms with Gasteiger partial charge in [-0.15, -0.1) is 0 Å². The Morgan fingerprint density at radius 3 is 2.32 bits per heavy atom. The van der Waals surface area contributed by atoms with Crippen LogP contribution in [0.5, 0.6) is 5.75 Å². The van der Waals surface area contributed by atoms with Crippen molar-refractivity contribution in [3.8, 4) is 5.75 Å². The second kappa shape index (κ2) is 6.22. The van der Waals surface area contributed by atoms with Crippen molar-refractivity contribution < 1.29 is 14.3 Å². The minimum absolute atomic E-state index is 0.135. The summed E-state index contributed by atoms with van der Waals surface area (Å²) in [6.07, 6.45) is 1.42. The van der Waals surface area contributed by atoms with Crippen LogP contribution in [-0.2, 0) is 9.59 Å². The second-order valence-corrected chi connectivity index (χ2v) is 5.75. The van der Waals surface area contributed by atoms with Gasteiger partial charge < -0.3 is 9.64 Å². The fourth-order valence-electron chi connectivity index (χ4n) is 2.66. The average Bonchev–Trinajstić information content (AvgIpc) is 2.72. The molecule has 5 nitrogen and oxygen atoms in total. The summed E-state index contributed by atoms with van der Waals surface area (Å²) in [6, 6.07) is 7.41. The van der Waals surface area contributed by atoms with Gasteiger partial charge in [-0.05, 0) is 23.6 Å². The lowest BCUT2D eigenvalue weighted by atomic mass is 10.1. The highest BCUT2D eigenvalue weighted by Crippen LogP contribution is 2.36. The van der Waals surface area contributed by atoms with Crippen molar-refractivity contribution >= 4 is 11.8 Å². The summed E-state index contributed by atoms with van der Waals surface area (Å²) < 4.78 is 5.16. The van der Waals surface area contributed by atoms with Crippen LogP contribution in [0.1, 0.15) is 32.5 Å². The Kier molecular flexibility index (Phi) is 4.54. The maximum Gasteiger partial charge on any atom is 0.271 e. The van der Waals surface area contributed by atoms with Gasteiger partial charge in [-0.2, -0.15) is 0 Å². The molecular formula is C17H22N2O3. The molecule has 1 atom stereocenters. The van der Waals surface area contributed by atoms with Gasteiger partial charge in [0.25, 0.3) is 5.91 Å². The Morgan fingerprint density at radius 2 is 1.86 bits per heavy atom. The van der Waals surface area contributed by atoms with Crippen LogP contribution in [0.2, 0.25) is 0 Å². The zero-order valence-electron chi connectivity index (χ0n) is 13.7. The highest BCUT2D eigenvalue weighted by atomic mass is 16.5. The van der Waals surface area contributed by atoms with Gasteiger partial charge in [-0.25, -0.2) is 0 Å². The lowest BCUT2D eigenvalue weighted by molar-refractivity contribution is -0.129. The summed E-state index contributed by atoms with van der Waals surface area (Å²) in [5.41, 5.74) is 1.32. The van der Waals surface area contributed by atoms with E-state index in [9.17, 15) is 9.59 Å². The maximum absolute atomic E-state index is 12.5. The molecule has 22 heavy (non-hydrogen) atoms. The van der Waals surface area contributed by atoms with Crippen LogP contribution >= 0.6 is 0 Å². The first-order valence-corrected chi connectivity index (χ1v) is 7.29. The number of hydrogen-bond acceptors (Lipinski definition) is 3. The van der Waals surface area contributed by atoms with Gasteiger partial charge >= 0.3 is 0 Å². The number of nitrogens with zero attached hydrogens (tertiary/aromatic N) is 2. The average molecular weight is 302 g/mol. The van der Waals surface area contributed by atoms with E-state index in [1.165, 1.54) is 6.92 Å². The fraction of sp³-hybridized carbons (Fsp3) is 0.412. The number of rotatable bonds is 3. The minimum atomic E-state index is -0.416. The Bertz CT molecular complexity index is 605. The van der Waals surface area contributed by atoms with Crippen molar-refractivity contribution in [2.24, 2.45) is 5.92 Å². The molecule has 1 heterocycles. The summed E-state index contributed by atoms with van der Waals surface area (Å²) in [6.45, 7) is 5.45. The highest BCUT2D eigenvalue weighted by Gasteiger charge is 2.42. The summed E-state index contributed by atoms with van der Waals surface area (Å²) in [4.78, 5) is 27.8. The van der Waals surface area contributed by atoms with E-state index in [1.807, 2.05) is 44.2 Å². The molecule has 1 aliphatic heterocycles. The SMILES string of the molecule is COc1ccc(C2N(C)C(=O)/C(=C/C(C)C)N2C(C)=O)cc1. The molecule has 2 rings (SSSR count). The van der Waals surface area contributed by atoms with Crippen LogP contribution in [-0.4, -0.2) is 35.8 Å². The number of likely N-dealkylation sites (N-methyl/N-ethyl adjacent to an activating group) is 1. The maximum atomic E-state index is 12.5. The predicted octanol–water partition coefficient (Wildman–Crippen LogP) is 2.55. The molecule has 0 aliphatic carbocycles. The zero-order valence-corrected chi connectivity index (χ0v) is 13.7. The van der Waals surface area contributed by atoms with E-state index in [0.29, 0.717) is 5.70 Å². The van der Waals surface area contributed by atoms with Gasteiger partial charge in [-0.1, -0.05) is 32.1 Å². The third-order valence-corrected chi connectivity index (χ3v) is 3.65. The fourth-order valence-corrected chi connectivity index (χ4v) is 2.66. The molecule has 0 saturated carbocycles. The van der Waals surface area contributed by atoms with Crippen molar-refractivity contribution in [2.75, 3.05) is 14.2 Å². The van der Waals surface area contributed by atoms with E-state index in [0.717, 1.165) is 11.3 Å². The Labute approximate surface area is 131 Å². The molecule has 1 aliphatic rings. The largest absolute Gasteiger partial charge is 0.497 e. The number of carbonyl (C=O) groups is 2. The topological polar surface area (TPSA) is 49.9 Å². The van der Waals surface area contributed by atoms with Crippen LogP contribution in [0.15, 0.2) is 36.0 Å². The van der Waals surface area contributed by atoms with E-state index >= 15 is 0 Å². The molecule has 5 heteroatoms. The number of allylic oxidation sites excluding steroid dienone is 1. The van der Waals surface area contributed by atoms with Crippen molar-refractivity contribution in [1.82, 2.24) is 9.80 Å². The predicted molar refractivity (Wildman–Crippen MR) is 83.9 cm³/mol. The van der Waals surface area contributed by atoms with E-state index in [2.05, 4.69) is 0 Å². The number of hydrogen-bond donors (Lipinski definition) is 0. The summed E-state index contributed by atoms with van der Waals surface area (Å²) in [5, 5.41) is 0. The van der Waals surface area contributed by atoms with E-state index in [1.54, 1.807) is 24.0 Å². The van der Waals surface area contributed by atoms with Gasteiger partial charge in [0.15, 0.2) is 0 Å². The first-order chi connectivity index (χ1) is 10.4. The highest BCUT2D eigenvalue weighted by molar-refractivity contribution is 6.00. The van der Waals surface area contributed by atoms with Crippen LogP contribution in [0.25, 0.3) is 0 Å². The smallest absolute Gasteiger partial charge is 0.271 e. The van der Waals surface area contributed by atoms with E-state index in [-0.39, 0.29) is 17.7 Å². The molecule has 1 aromatic rings. The number of methoxy groups -OCH3 is 1. The molecule has 118 valence electrons. The molecule has 0 spiro atoms. The molecule has 0 bridgehead atoms.